The van der Waals surface area contributed by atoms with Gasteiger partial charge in [-0.25, -0.2) is 9.69 Å². The fourth-order valence-electron chi connectivity index (χ4n) is 6.53. The molecule has 0 spiro atoms. The second-order valence-corrected chi connectivity index (χ2v) is 11.9. The highest BCUT2D eigenvalue weighted by Gasteiger charge is 2.42. The molecule has 1 amide bonds. The van der Waals surface area contributed by atoms with E-state index in [2.05, 4.69) is 33.7 Å². The number of unbranched alkanes of at least 4 members (excludes halogenated alkanes) is 1. The number of hydrogen-bond donors (Lipinski definition) is 0. The number of rotatable bonds is 11. The molecule has 6 rings (SSSR count). The van der Waals surface area contributed by atoms with Crippen LogP contribution in [0.5, 0.6) is 17.2 Å². The first-order valence-corrected chi connectivity index (χ1v) is 16.0. The van der Waals surface area contributed by atoms with E-state index in [4.69, 9.17) is 19.3 Å². The van der Waals surface area contributed by atoms with Crippen molar-refractivity contribution in [3.63, 3.8) is 0 Å². The van der Waals surface area contributed by atoms with Gasteiger partial charge in [0.05, 0.1) is 38.0 Å². The summed E-state index contributed by atoms with van der Waals surface area (Å²) < 4.78 is 19.5. The van der Waals surface area contributed by atoms with Crippen molar-refractivity contribution in [1.82, 2.24) is 25.2 Å². The van der Waals surface area contributed by atoms with Crippen molar-refractivity contribution < 1.29 is 19.0 Å². The zero-order valence-electron chi connectivity index (χ0n) is 25.7. The number of nitrogens with zero attached hydrogens (tertiary/aromatic N) is 6. The first-order chi connectivity index (χ1) is 21.6. The molecule has 1 saturated carbocycles. The van der Waals surface area contributed by atoms with Gasteiger partial charge in [-0.05, 0) is 91.4 Å². The molecule has 3 aliphatic rings. The summed E-state index contributed by atoms with van der Waals surface area (Å²) in [6.07, 6.45) is 14.5. The standard InChI is InChI=1S/C34H42N6O4/c1-39-33(35-37-38-39)24-15-18-27(19-16-24)43-21-9-10-22-44-31-23-25(17-20-30(31)42-2)32-28-13-7-8-14-29(28)34(41)40(36-32)26-11-5-3-4-6-12-26/h7-8,15-20,23,26,28-29H,3-6,9-14,21-22H2,1-2H3/t28-,29+/m0/s1. The van der Waals surface area contributed by atoms with Gasteiger partial charge < -0.3 is 14.2 Å². The number of carbonyl (C=O) groups is 1. The Morgan fingerprint density at radius 1 is 0.841 bits per heavy atom. The molecule has 2 heterocycles. The van der Waals surface area contributed by atoms with Crippen LogP contribution in [-0.2, 0) is 11.8 Å². The molecule has 0 bridgehead atoms. The molecule has 1 fully saturated rings. The van der Waals surface area contributed by atoms with Crippen LogP contribution in [0.1, 0.15) is 69.8 Å². The molecule has 232 valence electrons. The number of methoxy groups -OCH3 is 1. The minimum atomic E-state index is -0.0535. The van der Waals surface area contributed by atoms with Crippen LogP contribution < -0.4 is 14.2 Å². The molecule has 1 aliphatic heterocycles. The van der Waals surface area contributed by atoms with Gasteiger partial charge in [-0.1, -0.05) is 37.8 Å². The highest BCUT2D eigenvalue weighted by atomic mass is 16.5. The van der Waals surface area contributed by atoms with Gasteiger partial charge in [0.15, 0.2) is 17.3 Å². The Hall–Kier alpha value is -4.21. The van der Waals surface area contributed by atoms with Gasteiger partial charge in [0.1, 0.15) is 5.75 Å². The van der Waals surface area contributed by atoms with Crippen LogP contribution in [0.2, 0.25) is 0 Å². The van der Waals surface area contributed by atoms with Crippen molar-refractivity contribution in [3.8, 4) is 28.6 Å². The van der Waals surface area contributed by atoms with Gasteiger partial charge >= 0.3 is 0 Å². The SMILES string of the molecule is COc1ccc(C2=NN(C3CCCCCC3)C(=O)[C@@H]3CC=CC[C@H]23)cc1OCCCCOc1ccc(-c2nnnn2C)cc1. The summed E-state index contributed by atoms with van der Waals surface area (Å²) in [5.41, 5.74) is 2.93. The van der Waals surface area contributed by atoms with E-state index < -0.39 is 0 Å². The molecule has 10 heteroatoms. The third kappa shape index (κ3) is 6.64. The summed E-state index contributed by atoms with van der Waals surface area (Å²) in [4.78, 5) is 13.6. The van der Waals surface area contributed by atoms with Crippen molar-refractivity contribution in [2.75, 3.05) is 20.3 Å². The number of aromatic nitrogens is 4. The predicted molar refractivity (Wildman–Crippen MR) is 168 cm³/mol. The summed E-state index contributed by atoms with van der Waals surface area (Å²) >= 11 is 0. The van der Waals surface area contributed by atoms with Gasteiger partial charge in [-0.15, -0.1) is 5.10 Å². The number of hydrazone groups is 1. The summed E-state index contributed by atoms with van der Waals surface area (Å²) in [6.45, 7) is 1.12. The molecular weight excluding hydrogens is 556 g/mol. The zero-order chi connectivity index (χ0) is 30.3. The maximum absolute atomic E-state index is 13.6. The van der Waals surface area contributed by atoms with Gasteiger partial charge in [-0.3, -0.25) is 4.79 Å². The van der Waals surface area contributed by atoms with Crippen LogP contribution in [0.15, 0.2) is 59.7 Å². The van der Waals surface area contributed by atoms with Crippen molar-refractivity contribution in [1.29, 1.82) is 0 Å². The molecule has 0 radical (unpaired) electrons. The smallest absolute Gasteiger partial charge is 0.247 e. The van der Waals surface area contributed by atoms with Crippen LogP contribution >= 0.6 is 0 Å². The number of fused-ring (bicyclic) bond motifs is 1. The number of aryl methyl sites for hydroxylation is 1. The Morgan fingerprint density at radius 2 is 1.55 bits per heavy atom. The lowest BCUT2D eigenvalue weighted by Gasteiger charge is -2.40. The average Bonchev–Trinajstić information content (AvgIpc) is 3.31. The van der Waals surface area contributed by atoms with Crippen LogP contribution in [0.3, 0.4) is 0 Å². The van der Waals surface area contributed by atoms with Crippen LogP contribution in [0.4, 0.5) is 0 Å². The third-order valence-electron chi connectivity index (χ3n) is 8.97. The minimum absolute atomic E-state index is 0.0535. The van der Waals surface area contributed by atoms with Gasteiger partial charge in [0.2, 0.25) is 5.91 Å². The summed E-state index contributed by atoms with van der Waals surface area (Å²) in [5.74, 6) is 3.13. The lowest BCUT2D eigenvalue weighted by molar-refractivity contribution is -0.140. The second-order valence-electron chi connectivity index (χ2n) is 11.9. The molecule has 0 unspecified atom stereocenters. The fraction of sp³-hybridized carbons (Fsp3) is 0.500. The monoisotopic (exact) mass is 598 g/mol. The number of ether oxygens (including phenoxy) is 3. The molecule has 2 atom stereocenters. The maximum Gasteiger partial charge on any atom is 0.247 e. The third-order valence-corrected chi connectivity index (χ3v) is 8.97. The number of allylic oxidation sites excluding steroid dienone is 2. The first-order valence-electron chi connectivity index (χ1n) is 16.0. The van der Waals surface area contributed by atoms with Crippen molar-refractivity contribution in [3.05, 3.63) is 60.2 Å². The summed E-state index contributed by atoms with van der Waals surface area (Å²) in [5, 5.41) is 18.6. The fourth-order valence-corrected chi connectivity index (χ4v) is 6.53. The van der Waals surface area contributed by atoms with Crippen molar-refractivity contribution >= 4 is 11.6 Å². The zero-order valence-corrected chi connectivity index (χ0v) is 25.7. The lowest BCUT2D eigenvalue weighted by Crippen LogP contribution is -2.49. The second kappa shape index (κ2) is 14.1. The van der Waals surface area contributed by atoms with Gasteiger partial charge in [0, 0.05) is 24.1 Å². The highest BCUT2D eigenvalue weighted by Crippen LogP contribution is 2.39. The first kappa shape index (κ1) is 29.8. The summed E-state index contributed by atoms with van der Waals surface area (Å²) in [6, 6.07) is 14.0. The largest absolute Gasteiger partial charge is 0.494 e. The van der Waals surface area contributed by atoms with Gasteiger partial charge in [0.25, 0.3) is 0 Å². The Bertz CT molecular complexity index is 1480. The van der Waals surface area contributed by atoms with Crippen LogP contribution in [0, 0.1) is 11.8 Å². The Balaban J connectivity index is 1.08. The van der Waals surface area contributed by atoms with Crippen LogP contribution in [-0.4, -0.2) is 63.2 Å². The number of amides is 1. The van der Waals surface area contributed by atoms with Crippen molar-refractivity contribution in [2.24, 2.45) is 24.0 Å². The number of benzene rings is 2. The molecule has 1 aromatic heterocycles. The number of tetrazole rings is 1. The number of hydrogen-bond acceptors (Lipinski definition) is 8. The van der Waals surface area contributed by atoms with Gasteiger partial charge in [-0.2, -0.15) is 5.10 Å². The minimum Gasteiger partial charge on any atom is -0.494 e. The quantitative estimate of drug-likeness (QED) is 0.152. The predicted octanol–water partition coefficient (Wildman–Crippen LogP) is 5.98. The van der Waals surface area contributed by atoms with Crippen LogP contribution in [0.25, 0.3) is 11.4 Å². The van der Waals surface area contributed by atoms with E-state index in [-0.39, 0.29) is 23.8 Å². The lowest BCUT2D eigenvalue weighted by atomic mass is 9.76. The highest BCUT2D eigenvalue weighted by molar-refractivity contribution is 6.07. The molecule has 44 heavy (non-hydrogen) atoms. The molecular formula is C34H42N6O4. The van der Waals surface area contributed by atoms with E-state index in [1.807, 2.05) is 48.5 Å². The summed E-state index contributed by atoms with van der Waals surface area (Å²) in [7, 11) is 3.48. The van der Waals surface area contributed by atoms with E-state index in [9.17, 15) is 4.79 Å². The Kier molecular flexibility index (Phi) is 9.53. The molecule has 0 saturated heterocycles. The molecule has 2 aliphatic carbocycles. The Morgan fingerprint density at radius 3 is 2.25 bits per heavy atom. The Labute approximate surface area is 259 Å². The normalized spacial score (nSPS) is 20.5. The number of carbonyl (C=O) groups excluding carboxylic acids is 1. The molecule has 10 nitrogen and oxygen atoms in total. The van der Waals surface area contributed by atoms with E-state index in [1.165, 1.54) is 12.8 Å². The maximum atomic E-state index is 13.6. The van der Waals surface area contributed by atoms with Crippen molar-refractivity contribution in [2.45, 2.75) is 70.3 Å². The van der Waals surface area contributed by atoms with E-state index in [1.54, 1.807) is 11.8 Å². The average molecular weight is 599 g/mol. The molecule has 2 aromatic carbocycles. The topological polar surface area (TPSA) is 104 Å². The van der Waals surface area contributed by atoms with E-state index >= 15 is 0 Å². The molecule has 3 aromatic rings. The van der Waals surface area contributed by atoms with E-state index in [0.717, 1.165) is 74.0 Å². The molecule has 0 N–H and O–H groups in total. The van der Waals surface area contributed by atoms with E-state index in [0.29, 0.717) is 30.5 Å².